The molecule has 0 fully saturated rings. The minimum atomic E-state index is 0.227. The smallest absolute Gasteiger partial charge is 0.129 e. The second-order valence-electron chi connectivity index (χ2n) is 4.26. The number of rotatable bonds is 3. The fraction of sp³-hybridized carbons (Fsp3) is 0.357. The first-order valence-electron chi connectivity index (χ1n) is 5.24. The van der Waals surface area contributed by atoms with Gasteiger partial charge in [-0.25, -0.2) is 0 Å². The molecule has 0 saturated heterocycles. The number of allylic oxidation sites excluding steroid dienone is 8. The summed E-state index contributed by atoms with van der Waals surface area (Å²) in [7, 11) is 5.52. The van der Waals surface area contributed by atoms with Crippen molar-refractivity contribution < 1.29 is 0 Å². The fourth-order valence-electron chi connectivity index (χ4n) is 1.06. The molecule has 16 heavy (non-hydrogen) atoms. The third-order valence-corrected chi connectivity index (χ3v) is 2.08. The van der Waals surface area contributed by atoms with E-state index >= 15 is 0 Å². The van der Waals surface area contributed by atoms with Crippen LogP contribution in [0.1, 0.15) is 34.6 Å². The summed E-state index contributed by atoms with van der Waals surface area (Å²) in [5.74, 6) is 0. The monoisotopic (exact) mass is 211 g/mol. The van der Waals surface area contributed by atoms with Gasteiger partial charge in [-0.3, -0.25) is 0 Å². The minimum Gasteiger partial charge on any atom is -0.194 e. The van der Waals surface area contributed by atoms with Crippen molar-refractivity contribution in [2.75, 3.05) is 0 Å². The largest absolute Gasteiger partial charge is 0.194 e. The lowest BCUT2D eigenvalue weighted by atomic mass is 9.93. The summed E-state index contributed by atoms with van der Waals surface area (Å²) in [5.41, 5.74) is 4.80. The van der Waals surface area contributed by atoms with Crippen molar-refractivity contribution >= 4 is 7.85 Å². The van der Waals surface area contributed by atoms with Gasteiger partial charge in [-0.05, 0) is 45.7 Å². The summed E-state index contributed by atoms with van der Waals surface area (Å²) in [6.07, 6.45) is 5.74. The molecule has 0 spiro atoms. The molecule has 0 N–H and O–H groups in total. The molecule has 1 nitrogen and oxygen atoms in total. The van der Waals surface area contributed by atoms with E-state index < -0.39 is 0 Å². The van der Waals surface area contributed by atoms with Crippen molar-refractivity contribution in [3.63, 3.8) is 0 Å². The van der Waals surface area contributed by atoms with Crippen molar-refractivity contribution in [3.05, 3.63) is 46.0 Å². The minimum absolute atomic E-state index is 0.227. The normalized spacial score (nSPS) is 11.8. The molecule has 0 rings (SSSR count). The Balaban J connectivity index is 5.38. The highest BCUT2D eigenvalue weighted by Gasteiger charge is 1.94. The second kappa shape index (κ2) is 6.90. The van der Waals surface area contributed by atoms with Gasteiger partial charge in [-0.2, -0.15) is 5.26 Å². The molecule has 0 aliphatic carbocycles. The van der Waals surface area contributed by atoms with Gasteiger partial charge in [0.2, 0.25) is 0 Å². The molecule has 0 aromatic rings. The van der Waals surface area contributed by atoms with Gasteiger partial charge in [0.05, 0.1) is 6.07 Å². The van der Waals surface area contributed by atoms with Crippen LogP contribution in [0.3, 0.4) is 0 Å². The van der Waals surface area contributed by atoms with E-state index in [0.29, 0.717) is 0 Å². The van der Waals surface area contributed by atoms with Crippen LogP contribution in [0.5, 0.6) is 0 Å². The summed E-state index contributed by atoms with van der Waals surface area (Å²) in [6, 6.07) is 1.92. The van der Waals surface area contributed by atoms with E-state index in [4.69, 9.17) is 13.1 Å². The molecule has 0 aromatic heterocycles. The Labute approximate surface area is 100 Å². The van der Waals surface area contributed by atoms with E-state index in [9.17, 15) is 0 Å². The SMILES string of the molecule is [B]/C(C#N)=C\C(C=C(C)C)=C\C(C)=C(C)C. The third kappa shape index (κ3) is 6.08. The van der Waals surface area contributed by atoms with E-state index in [-0.39, 0.29) is 5.47 Å². The number of nitrogens with zero attached hydrogens (tertiary/aromatic N) is 1. The molecular formula is C14H18BN. The van der Waals surface area contributed by atoms with E-state index in [1.54, 1.807) is 6.08 Å². The predicted octanol–water partition coefficient (Wildman–Crippen LogP) is 3.81. The molecule has 0 amide bonds. The zero-order valence-electron chi connectivity index (χ0n) is 10.8. The predicted molar refractivity (Wildman–Crippen MR) is 71.0 cm³/mol. The highest BCUT2D eigenvalue weighted by atomic mass is 14.2. The van der Waals surface area contributed by atoms with Crippen LogP contribution in [0.4, 0.5) is 0 Å². The summed E-state index contributed by atoms with van der Waals surface area (Å²) in [6.45, 7) is 10.2. The molecule has 0 heterocycles. The highest BCUT2D eigenvalue weighted by molar-refractivity contribution is 6.24. The molecule has 2 radical (unpaired) electrons. The van der Waals surface area contributed by atoms with Gasteiger partial charge in [0.1, 0.15) is 7.85 Å². The molecule has 82 valence electrons. The topological polar surface area (TPSA) is 23.8 Å². The van der Waals surface area contributed by atoms with Gasteiger partial charge >= 0.3 is 0 Å². The Hall–Kier alpha value is -1.49. The molecule has 0 bridgehead atoms. The van der Waals surface area contributed by atoms with Gasteiger partial charge < -0.3 is 0 Å². The van der Waals surface area contributed by atoms with Gasteiger partial charge in [0, 0.05) is 0 Å². The van der Waals surface area contributed by atoms with Crippen molar-refractivity contribution in [3.8, 4) is 6.07 Å². The Morgan fingerprint density at radius 2 is 1.56 bits per heavy atom. The van der Waals surface area contributed by atoms with Crippen molar-refractivity contribution in [2.45, 2.75) is 34.6 Å². The Morgan fingerprint density at radius 1 is 1.00 bits per heavy atom. The van der Waals surface area contributed by atoms with Crippen LogP contribution in [0.25, 0.3) is 0 Å². The highest BCUT2D eigenvalue weighted by Crippen LogP contribution is 2.12. The molecule has 0 atom stereocenters. The Bertz CT molecular complexity index is 407. The average Bonchev–Trinajstić information content (AvgIpc) is 2.16. The lowest BCUT2D eigenvalue weighted by molar-refractivity contribution is 1.28. The van der Waals surface area contributed by atoms with Crippen molar-refractivity contribution in [1.82, 2.24) is 0 Å². The maximum absolute atomic E-state index is 8.66. The second-order valence-corrected chi connectivity index (χ2v) is 4.26. The fourth-order valence-corrected chi connectivity index (χ4v) is 1.06. The molecule has 0 aliphatic rings. The third-order valence-electron chi connectivity index (χ3n) is 2.08. The number of hydrogen-bond donors (Lipinski definition) is 0. The Kier molecular flexibility index (Phi) is 6.26. The van der Waals surface area contributed by atoms with Crippen LogP contribution in [0.15, 0.2) is 46.0 Å². The summed E-state index contributed by atoms with van der Waals surface area (Å²) >= 11 is 0. The van der Waals surface area contributed by atoms with Crippen LogP contribution in [-0.4, -0.2) is 7.85 Å². The van der Waals surface area contributed by atoms with Gasteiger partial charge in [-0.15, -0.1) is 0 Å². The number of nitriles is 1. The van der Waals surface area contributed by atoms with E-state index in [1.807, 2.05) is 39.0 Å². The summed E-state index contributed by atoms with van der Waals surface area (Å²) < 4.78 is 0. The first kappa shape index (κ1) is 14.5. The van der Waals surface area contributed by atoms with E-state index in [1.165, 1.54) is 16.7 Å². The van der Waals surface area contributed by atoms with Crippen molar-refractivity contribution in [2.24, 2.45) is 0 Å². The van der Waals surface area contributed by atoms with E-state index in [0.717, 1.165) is 5.57 Å². The van der Waals surface area contributed by atoms with Gasteiger partial charge in [-0.1, -0.05) is 34.9 Å². The molecular weight excluding hydrogens is 193 g/mol. The zero-order chi connectivity index (χ0) is 12.7. The Morgan fingerprint density at radius 3 is 1.94 bits per heavy atom. The molecule has 0 aliphatic heterocycles. The zero-order valence-corrected chi connectivity index (χ0v) is 10.8. The molecule has 0 saturated carbocycles. The average molecular weight is 211 g/mol. The first-order chi connectivity index (χ1) is 7.36. The van der Waals surface area contributed by atoms with Crippen LogP contribution in [0.2, 0.25) is 0 Å². The quantitative estimate of drug-likeness (QED) is 0.395. The van der Waals surface area contributed by atoms with Crippen LogP contribution >= 0.6 is 0 Å². The van der Waals surface area contributed by atoms with Gasteiger partial charge in [0.15, 0.2) is 0 Å². The maximum atomic E-state index is 8.66. The number of hydrogen-bond acceptors (Lipinski definition) is 1. The van der Waals surface area contributed by atoms with E-state index in [2.05, 4.69) is 13.8 Å². The lowest BCUT2D eigenvalue weighted by Crippen LogP contribution is -1.83. The molecule has 0 unspecified atom stereocenters. The van der Waals surface area contributed by atoms with Crippen LogP contribution in [-0.2, 0) is 0 Å². The van der Waals surface area contributed by atoms with Crippen LogP contribution in [0, 0.1) is 11.3 Å². The summed E-state index contributed by atoms with van der Waals surface area (Å²) in [5, 5.41) is 8.66. The molecule has 2 heteroatoms. The molecule has 0 aromatic carbocycles. The standard InChI is InChI=1S/C14H18BN/c1-10(2)6-13(8-14(15)9-16)7-12(5)11(3)4/h6-8H,1-5H3/b13-7+,14-8-. The van der Waals surface area contributed by atoms with Gasteiger partial charge in [0.25, 0.3) is 0 Å². The first-order valence-corrected chi connectivity index (χ1v) is 5.24. The van der Waals surface area contributed by atoms with Crippen molar-refractivity contribution in [1.29, 1.82) is 5.26 Å². The lowest BCUT2D eigenvalue weighted by Gasteiger charge is -2.01. The van der Waals surface area contributed by atoms with Crippen LogP contribution < -0.4 is 0 Å². The summed E-state index contributed by atoms with van der Waals surface area (Å²) in [4.78, 5) is 0. The maximum Gasteiger partial charge on any atom is 0.129 e.